The Morgan fingerprint density at radius 3 is 2.45 bits per heavy atom. The molecule has 1 fully saturated rings. The lowest BCUT2D eigenvalue weighted by Crippen LogP contribution is -2.19. The number of fused-ring (bicyclic) bond motifs is 1. The van der Waals surface area contributed by atoms with Crippen LogP contribution in [0.2, 0.25) is 0 Å². The summed E-state index contributed by atoms with van der Waals surface area (Å²) in [5, 5.41) is 0. The van der Waals surface area contributed by atoms with Gasteiger partial charge in [0.2, 0.25) is 0 Å². The minimum atomic E-state index is -0.239. The van der Waals surface area contributed by atoms with Gasteiger partial charge < -0.3 is 9.30 Å². The highest BCUT2D eigenvalue weighted by molar-refractivity contribution is 5.78. The molecule has 4 rings (SSSR count). The van der Waals surface area contributed by atoms with Gasteiger partial charge in [0.25, 0.3) is 0 Å². The van der Waals surface area contributed by atoms with Crippen LogP contribution in [-0.2, 0) is 16.1 Å². The first kappa shape index (κ1) is 19.6. The van der Waals surface area contributed by atoms with Crippen molar-refractivity contribution in [3.63, 3.8) is 0 Å². The minimum Gasteiger partial charge on any atom is -0.469 e. The number of aryl methyl sites for hydroxylation is 2. The number of hydrogen-bond acceptors (Lipinski definition) is 4. The number of benzene rings is 1. The number of imidazole rings is 1. The van der Waals surface area contributed by atoms with Crippen molar-refractivity contribution >= 4 is 17.1 Å². The molecule has 0 spiro atoms. The molecule has 2 aromatic heterocycles. The van der Waals surface area contributed by atoms with Crippen molar-refractivity contribution in [1.82, 2.24) is 14.5 Å². The second-order valence-electron chi connectivity index (χ2n) is 8.57. The SMILES string of the molecule is COC(=O)C(c1ccc(Cn2c(C3CC3)nc3c(C)cc(C)nc32)cc1)C(C)C. The molecule has 2 heterocycles. The fourth-order valence-electron chi connectivity index (χ4n) is 4.16. The Labute approximate surface area is 172 Å². The van der Waals surface area contributed by atoms with Gasteiger partial charge in [-0.2, -0.15) is 0 Å². The molecule has 3 aromatic rings. The number of esters is 1. The van der Waals surface area contributed by atoms with Crippen molar-refractivity contribution < 1.29 is 9.53 Å². The number of pyridine rings is 1. The summed E-state index contributed by atoms with van der Waals surface area (Å²) in [6, 6.07) is 10.4. The molecule has 1 aliphatic carbocycles. The van der Waals surface area contributed by atoms with Gasteiger partial charge in [0.05, 0.1) is 19.6 Å². The van der Waals surface area contributed by atoms with E-state index in [0.717, 1.165) is 34.8 Å². The van der Waals surface area contributed by atoms with E-state index in [0.29, 0.717) is 5.92 Å². The largest absolute Gasteiger partial charge is 0.469 e. The molecule has 0 amide bonds. The third kappa shape index (κ3) is 3.78. The van der Waals surface area contributed by atoms with Crippen molar-refractivity contribution in [2.24, 2.45) is 5.92 Å². The van der Waals surface area contributed by atoms with Crippen molar-refractivity contribution in [2.45, 2.75) is 58.9 Å². The van der Waals surface area contributed by atoms with Crippen LogP contribution in [-0.4, -0.2) is 27.6 Å². The molecule has 29 heavy (non-hydrogen) atoms. The Morgan fingerprint density at radius 1 is 1.17 bits per heavy atom. The summed E-state index contributed by atoms with van der Waals surface area (Å²) in [7, 11) is 1.45. The smallest absolute Gasteiger partial charge is 0.313 e. The maximum Gasteiger partial charge on any atom is 0.313 e. The molecule has 0 N–H and O–H groups in total. The van der Waals surface area contributed by atoms with Gasteiger partial charge in [0.15, 0.2) is 5.65 Å². The average molecular weight is 392 g/mol. The maximum absolute atomic E-state index is 12.2. The fraction of sp³-hybridized carbons (Fsp3) is 0.458. The van der Waals surface area contributed by atoms with Gasteiger partial charge >= 0.3 is 5.97 Å². The topological polar surface area (TPSA) is 57.0 Å². The Hall–Kier alpha value is -2.69. The van der Waals surface area contributed by atoms with Crippen LogP contribution in [0.5, 0.6) is 0 Å². The van der Waals surface area contributed by atoms with Crippen LogP contribution >= 0.6 is 0 Å². The molecule has 152 valence electrons. The van der Waals surface area contributed by atoms with Crippen LogP contribution in [0.4, 0.5) is 0 Å². The zero-order valence-corrected chi connectivity index (χ0v) is 17.9. The number of methoxy groups -OCH3 is 1. The predicted octanol–water partition coefficient (Wildman–Crippen LogP) is 4.89. The molecule has 1 aromatic carbocycles. The third-order valence-corrected chi connectivity index (χ3v) is 5.80. The molecule has 0 aliphatic heterocycles. The van der Waals surface area contributed by atoms with Crippen molar-refractivity contribution in [3.8, 4) is 0 Å². The lowest BCUT2D eigenvalue weighted by molar-refractivity contribution is -0.143. The quantitative estimate of drug-likeness (QED) is 0.562. The lowest BCUT2D eigenvalue weighted by Gasteiger charge is -2.19. The van der Waals surface area contributed by atoms with E-state index in [2.05, 4.69) is 41.8 Å². The highest BCUT2D eigenvalue weighted by Gasteiger charge is 2.30. The van der Waals surface area contributed by atoms with E-state index in [1.807, 2.05) is 20.8 Å². The van der Waals surface area contributed by atoms with Gasteiger partial charge in [-0.05, 0) is 55.4 Å². The number of rotatable bonds is 6. The monoisotopic (exact) mass is 391 g/mol. The second-order valence-corrected chi connectivity index (χ2v) is 8.57. The first-order chi connectivity index (χ1) is 13.9. The zero-order valence-electron chi connectivity index (χ0n) is 17.9. The number of hydrogen-bond donors (Lipinski definition) is 0. The van der Waals surface area contributed by atoms with Gasteiger partial charge in [-0.15, -0.1) is 0 Å². The number of carbonyl (C=O) groups is 1. The van der Waals surface area contributed by atoms with Gasteiger partial charge in [-0.3, -0.25) is 4.79 Å². The molecule has 1 saturated carbocycles. The Morgan fingerprint density at radius 2 is 1.86 bits per heavy atom. The summed E-state index contributed by atoms with van der Waals surface area (Å²) in [4.78, 5) is 21.9. The number of carbonyl (C=O) groups excluding carboxylic acids is 1. The molecular weight excluding hydrogens is 362 g/mol. The molecule has 0 saturated heterocycles. The summed E-state index contributed by atoms with van der Waals surface area (Å²) in [5.41, 5.74) is 6.37. The van der Waals surface area contributed by atoms with Crippen LogP contribution in [0, 0.1) is 19.8 Å². The molecule has 5 heteroatoms. The first-order valence-electron chi connectivity index (χ1n) is 10.4. The first-order valence-corrected chi connectivity index (χ1v) is 10.4. The van der Waals surface area contributed by atoms with Gasteiger partial charge in [0, 0.05) is 11.6 Å². The molecule has 1 aliphatic rings. The summed E-state index contributed by atoms with van der Waals surface area (Å²) in [6.07, 6.45) is 2.41. The van der Waals surface area contributed by atoms with E-state index < -0.39 is 0 Å². The number of ether oxygens (including phenoxy) is 1. The van der Waals surface area contributed by atoms with E-state index in [1.165, 1.54) is 31.1 Å². The summed E-state index contributed by atoms with van der Waals surface area (Å²) >= 11 is 0. The predicted molar refractivity (Wildman–Crippen MR) is 114 cm³/mol. The number of aromatic nitrogens is 3. The van der Waals surface area contributed by atoms with E-state index >= 15 is 0 Å². The van der Waals surface area contributed by atoms with Gasteiger partial charge in [0.1, 0.15) is 11.3 Å². The maximum atomic E-state index is 12.2. The van der Waals surface area contributed by atoms with Crippen LogP contribution in [0.25, 0.3) is 11.2 Å². The summed E-state index contributed by atoms with van der Waals surface area (Å²) in [6.45, 7) is 8.98. The molecule has 0 bridgehead atoms. The zero-order chi connectivity index (χ0) is 20.7. The minimum absolute atomic E-state index is 0.181. The molecular formula is C24H29N3O2. The van der Waals surface area contributed by atoms with Crippen molar-refractivity contribution in [2.75, 3.05) is 7.11 Å². The Bertz CT molecular complexity index is 1050. The van der Waals surface area contributed by atoms with Crippen LogP contribution in [0.15, 0.2) is 30.3 Å². The molecule has 1 unspecified atom stereocenters. The molecule has 1 atom stereocenters. The Balaban J connectivity index is 1.68. The Kier molecular flexibility index (Phi) is 5.15. The van der Waals surface area contributed by atoms with Crippen LogP contribution in [0.1, 0.15) is 66.7 Å². The van der Waals surface area contributed by atoms with Gasteiger partial charge in [-0.25, -0.2) is 9.97 Å². The van der Waals surface area contributed by atoms with Crippen molar-refractivity contribution in [3.05, 3.63) is 58.5 Å². The average Bonchev–Trinajstić information content (AvgIpc) is 3.46. The van der Waals surface area contributed by atoms with Crippen LogP contribution in [0.3, 0.4) is 0 Å². The molecule has 0 radical (unpaired) electrons. The van der Waals surface area contributed by atoms with Crippen LogP contribution < -0.4 is 0 Å². The van der Waals surface area contributed by atoms with E-state index in [-0.39, 0.29) is 17.8 Å². The standard InChI is InChI=1S/C24H29N3O2/c1-14(2)20(24(28)29-5)18-8-6-17(7-9-18)13-27-22(19-10-11-19)26-21-15(3)12-16(4)25-23(21)27/h6-9,12,14,19-20H,10-11,13H2,1-5H3. The third-order valence-electron chi connectivity index (χ3n) is 5.80. The highest BCUT2D eigenvalue weighted by atomic mass is 16.5. The number of nitrogens with zero attached hydrogens (tertiary/aromatic N) is 3. The van der Waals surface area contributed by atoms with E-state index in [4.69, 9.17) is 14.7 Å². The second kappa shape index (κ2) is 7.62. The highest BCUT2D eigenvalue weighted by Crippen LogP contribution is 2.41. The van der Waals surface area contributed by atoms with E-state index in [1.54, 1.807) is 0 Å². The normalized spacial score (nSPS) is 15.1. The summed E-state index contributed by atoms with van der Waals surface area (Å²) < 4.78 is 7.28. The summed E-state index contributed by atoms with van der Waals surface area (Å²) in [5.74, 6) is 1.46. The lowest BCUT2D eigenvalue weighted by atomic mass is 9.88. The van der Waals surface area contributed by atoms with Gasteiger partial charge in [-0.1, -0.05) is 38.1 Å². The molecule has 5 nitrogen and oxygen atoms in total. The van der Waals surface area contributed by atoms with Crippen molar-refractivity contribution in [1.29, 1.82) is 0 Å². The van der Waals surface area contributed by atoms with E-state index in [9.17, 15) is 4.79 Å². The fourth-order valence-corrected chi connectivity index (χ4v) is 4.16.